The van der Waals surface area contributed by atoms with Crippen molar-refractivity contribution in [1.82, 2.24) is 0 Å². The van der Waals surface area contributed by atoms with Gasteiger partial charge >= 0.3 is 359 Å². The average molecular weight is 857 g/mol. The fraction of sp³-hybridized carbons (Fsp3) is 0.286. The van der Waals surface area contributed by atoms with Gasteiger partial charge in [-0.3, -0.25) is 0 Å². The van der Waals surface area contributed by atoms with E-state index in [0.717, 1.165) is 11.5 Å². The first-order valence-corrected chi connectivity index (χ1v) is 27.7. The van der Waals surface area contributed by atoms with Gasteiger partial charge in [-0.05, 0) is 0 Å². The zero-order valence-electron chi connectivity index (χ0n) is 37.0. The van der Waals surface area contributed by atoms with Gasteiger partial charge in [0.15, 0.2) is 0 Å². The van der Waals surface area contributed by atoms with Gasteiger partial charge in [-0.25, -0.2) is 0 Å². The van der Waals surface area contributed by atoms with Crippen LogP contribution in [0.1, 0.15) is 118 Å². The van der Waals surface area contributed by atoms with Gasteiger partial charge in [0.1, 0.15) is 0 Å². The Morgan fingerprint density at radius 1 is 0.458 bits per heavy atom. The van der Waals surface area contributed by atoms with Crippen LogP contribution in [0.2, 0.25) is 4.13 Å². The zero-order chi connectivity index (χ0) is 42.0. The Balaban J connectivity index is 1.74. The molecule has 0 saturated heterocycles. The fourth-order valence-electron chi connectivity index (χ4n) is 11.5. The maximum atomic E-state index is 9.00. The van der Waals surface area contributed by atoms with Gasteiger partial charge in [0.05, 0.1) is 0 Å². The third-order valence-electron chi connectivity index (χ3n) is 13.8. The molecule has 6 aromatic carbocycles. The Morgan fingerprint density at radius 2 is 0.814 bits per heavy atom. The van der Waals surface area contributed by atoms with Crippen LogP contribution in [-0.2, 0) is 36.7 Å². The molecule has 0 saturated carbocycles. The van der Waals surface area contributed by atoms with E-state index >= 15 is 0 Å². The minimum absolute atomic E-state index is 0.231. The number of allylic oxidation sites excluding steroid dienone is 2. The van der Waals surface area contributed by atoms with Gasteiger partial charge < -0.3 is 0 Å². The van der Waals surface area contributed by atoms with E-state index in [2.05, 4.69) is 234 Å². The molecule has 6 aromatic rings. The molecule has 0 bridgehead atoms. The van der Waals surface area contributed by atoms with Crippen LogP contribution in [-0.4, -0.2) is 0 Å². The quantitative estimate of drug-likeness (QED) is 0.144. The van der Waals surface area contributed by atoms with Crippen LogP contribution in [0, 0.1) is 13.8 Å². The Labute approximate surface area is 356 Å². The van der Waals surface area contributed by atoms with Crippen LogP contribution < -0.4 is 5.63 Å². The molecule has 2 unspecified atom stereocenters. The molecule has 0 radical (unpaired) electrons. The molecule has 2 aliphatic rings. The van der Waals surface area contributed by atoms with Crippen LogP contribution in [0.3, 0.4) is 0 Å². The molecule has 0 fully saturated rings. The van der Waals surface area contributed by atoms with Gasteiger partial charge in [-0.15, -0.1) is 0 Å². The normalized spacial score (nSPS) is 19.5. The van der Waals surface area contributed by atoms with Crippen molar-refractivity contribution in [3.8, 4) is 11.5 Å². The van der Waals surface area contributed by atoms with Crippen molar-refractivity contribution in [2.75, 3.05) is 0 Å². The summed E-state index contributed by atoms with van der Waals surface area (Å²) in [6.45, 7) is 25.4. The minimum atomic E-state index is -6.46. The average Bonchev–Trinajstić information content (AvgIpc) is 3.70. The van der Waals surface area contributed by atoms with Crippen molar-refractivity contribution >= 4 is 12.2 Å². The summed E-state index contributed by atoms with van der Waals surface area (Å²) in [5, 5.41) is 0. The molecule has 2 nitrogen and oxygen atoms in total. The summed E-state index contributed by atoms with van der Waals surface area (Å²) in [5.41, 5.74) is 14.1. The summed E-state index contributed by atoms with van der Waals surface area (Å²) in [6.07, 6.45) is 4.88. The van der Waals surface area contributed by atoms with Crippen molar-refractivity contribution in [2.45, 2.75) is 97.4 Å². The second kappa shape index (κ2) is 14.5. The number of rotatable bonds is 9. The Morgan fingerprint density at radius 3 is 1.17 bits per heavy atom. The van der Waals surface area contributed by atoms with E-state index in [9.17, 15) is 0 Å². The van der Waals surface area contributed by atoms with Gasteiger partial charge in [0, 0.05) is 0 Å². The van der Waals surface area contributed by atoms with E-state index in [-0.39, 0.29) is 10.8 Å². The molecular weight excluding hydrogens is 796 g/mol. The van der Waals surface area contributed by atoms with E-state index < -0.39 is 25.9 Å². The van der Waals surface area contributed by atoms with Crippen LogP contribution in [0.15, 0.2) is 157 Å². The fourth-order valence-corrected chi connectivity index (χ4v) is 32.7. The van der Waals surface area contributed by atoms with Crippen molar-refractivity contribution in [3.63, 3.8) is 0 Å². The van der Waals surface area contributed by atoms with Gasteiger partial charge in [0.2, 0.25) is 0 Å². The summed E-state index contributed by atoms with van der Waals surface area (Å²) in [5.74, 6) is 1.81. The van der Waals surface area contributed by atoms with E-state index in [1.807, 2.05) is 0 Å². The molecule has 0 spiro atoms. The summed E-state index contributed by atoms with van der Waals surface area (Å²) in [6, 6.07) is 54.4. The number of hydrogen-bond acceptors (Lipinski definition) is 2. The molecule has 3 heteroatoms. The molecule has 0 amide bonds. The summed E-state index contributed by atoms with van der Waals surface area (Å²) >= 11 is -6.46. The Kier molecular flexibility index (Phi) is 10.1. The van der Waals surface area contributed by atoms with Crippen LogP contribution >= 0.6 is 0 Å². The summed E-state index contributed by atoms with van der Waals surface area (Å²) < 4.78 is 17.0. The third-order valence-corrected chi connectivity index (χ3v) is 32.3. The van der Waals surface area contributed by atoms with Gasteiger partial charge in [-0.2, -0.15) is 0 Å². The van der Waals surface area contributed by atoms with E-state index in [1.54, 1.807) is 0 Å². The Hall–Kier alpha value is -4.72. The molecule has 301 valence electrons. The van der Waals surface area contributed by atoms with Crippen molar-refractivity contribution in [3.05, 3.63) is 212 Å². The number of benzene rings is 6. The van der Waals surface area contributed by atoms with Crippen molar-refractivity contribution < 1.29 is 25.3 Å². The van der Waals surface area contributed by atoms with E-state index in [1.165, 1.54) is 66.8 Å². The third kappa shape index (κ3) is 5.81. The van der Waals surface area contributed by atoms with Gasteiger partial charge in [-0.1, -0.05) is 0 Å². The van der Waals surface area contributed by atoms with Crippen LogP contribution in [0.25, 0.3) is 12.2 Å². The molecule has 2 aliphatic carbocycles. The molecular formula is C56H61O2Zr. The zero-order valence-corrected chi connectivity index (χ0v) is 39.5. The predicted molar refractivity (Wildman–Crippen MR) is 246 cm³/mol. The first kappa shape index (κ1) is 41.0. The van der Waals surface area contributed by atoms with Crippen LogP contribution in [0.5, 0.6) is 11.5 Å². The van der Waals surface area contributed by atoms with E-state index in [0.29, 0.717) is 4.13 Å². The number of aryl methyl sites for hydroxylation is 2. The number of hydrogen-bond donors (Lipinski definition) is 0. The van der Waals surface area contributed by atoms with Gasteiger partial charge in [0.25, 0.3) is 0 Å². The molecule has 2 atom stereocenters. The predicted octanol–water partition coefficient (Wildman–Crippen LogP) is 15.0. The first-order valence-electron chi connectivity index (χ1n) is 21.5. The van der Waals surface area contributed by atoms with Crippen LogP contribution in [0.4, 0.5) is 0 Å². The van der Waals surface area contributed by atoms with E-state index in [4.69, 9.17) is 5.63 Å². The molecule has 8 rings (SSSR count). The molecule has 0 N–H and O–H groups in total. The second-order valence-corrected chi connectivity index (χ2v) is 32.0. The molecule has 59 heavy (non-hydrogen) atoms. The summed E-state index contributed by atoms with van der Waals surface area (Å²) in [4.78, 5) is 0. The number of fused-ring (bicyclic) bond motifs is 2. The molecule has 0 aromatic heterocycles. The van der Waals surface area contributed by atoms with Crippen molar-refractivity contribution in [1.29, 1.82) is 0 Å². The van der Waals surface area contributed by atoms with Crippen molar-refractivity contribution in [2.24, 2.45) is 0 Å². The Bertz CT molecular complexity index is 2440. The second-order valence-electron chi connectivity index (χ2n) is 19.4. The topological polar surface area (TPSA) is 18.5 Å². The monoisotopic (exact) mass is 855 g/mol. The molecule has 0 heterocycles. The maximum absolute atomic E-state index is 9.00. The SMILES string of the molecule is C[CH2][Zr]([O]c1ccc(C)cc1C(C)(C)C)([O]c1ccc(C)cc1C(C)(C)C)([C]1(c2ccccc2)C(C)=Cc2ccccc21)[C]1(c2ccccc2)C(C)=Cc2ccccc21. The standard InChI is InChI=1S/2C16H13.2C11H16O.C2H5.Zr/c2*1-12-11-14-9-5-6-10-15(14)16(12)13-7-3-2-4-8-13;2*1-8-5-6-10(12)9(7-8)11(2,3)4;1-2;/h2*2-11H,1H3;2*5-7,12H,1-4H3;1H2,2H3;/q;;;;;+2/p-2. The molecule has 0 aliphatic heterocycles. The summed E-state index contributed by atoms with van der Waals surface area (Å²) in [7, 11) is 0. The first-order chi connectivity index (χ1) is 28.0.